The minimum absolute atomic E-state index is 0.0322. The molecular formula is C53H103NO8P+. The summed E-state index contributed by atoms with van der Waals surface area (Å²) in [6.07, 6.45) is 52.3. The van der Waals surface area contributed by atoms with Gasteiger partial charge in [0.05, 0.1) is 27.7 Å². The molecule has 0 saturated carbocycles. The molecule has 0 aromatic carbocycles. The fourth-order valence-corrected chi connectivity index (χ4v) is 8.32. The van der Waals surface area contributed by atoms with Crippen LogP contribution in [0.1, 0.15) is 251 Å². The molecule has 0 aliphatic carbocycles. The summed E-state index contributed by atoms with van der Waals surface area (Å²) in [7, 11) is 1.48. The molecule has 372 valence electrons. The third-order valence-corrected chi connectivity index (χ3v) is 12.7. The zero-order valence-electron chi connectivity index (χ0n) is 42.1. The first-order chi connectivity index (χ1) is 30.5. The van der Waals surface area contributed by atoms with Crippen LogP contribution in [0.15, 0.2) is 24.3 Å². The molecule has 0 fully saturated rings. The van der Waals surface area contributed by atoms with Crippen molar-refractivity contribution in [3.05, 3.63) is 24.3 Å². The smallest absolute Gasteiger partial charge is 0.462 e. The summed E-state index contributed by atoms with van der Waals surface area (Å²) in [5.41, 5.74) is 0. The average molecular weight is 913 g/mol. The van der Waals surface area contributed by atoms with E-state index in [1.807, 2.05) is 21.1 Å². The number of allylic oxidation sites excluding steroid dienone is 4. The number of carbonyl (C=O) groups is 2. The van der Waals surface area contributed by atoms with Crippen LogP contribution in [0, 0.1) is 0 Å². The van der Waals surface area contributed by atoms with Crippen LogP contribution in [0.5, 0.6) is 0 Å². The van der Waals surface area contributed by atoms with Gasteiger partial charge in [0, 0.05) is 12.8 Å². The van der Waals surface area contributed by atoms with Gasteiger partial charge in [0.1, 0.15) is 19.8 Å². The van der Waals surface area contributed by atoms with Gasteiger partial charge in [-0.1, -0.05) is 218 Å². The lowest BCUT2D eigenvalue weighted by Gasteiger charge is -2.24. The Morgan fingerprint density at radius 1 is 0.492 bits per heavy atom. The third-order valence-electron chi connectivity index (χ3n) is 11.7. The van der Waals surface area contributed by atoms with Gasteiger partial charge in [-0.2, -0.15) is 0 Å². The van der Waals surface area contributed by atoms with Crippen LogP contribution in [0.25, 0.3) is 0 Å². The number of hydrogen-bond donors (Lipinski definition) is 1. The Morgan fingerprint density at radius 3 is 1.27 bits per heavy atom. The molecule has 9 nitrogen and oxygen atoms in total. The lowest BCUT2D eigenvalue weighted by molar-refractivity contribution is -0.870. The standard InChI is InChI=1S/C53H102NO8P/c1-6-8-10-12-14-16-18-20-22-24-26-27-28-30-31-33-35-37-39-41-43-45-52(55)59-49-51(50-61-63(57,58)60-48-47-54(3,4)5)62-53(56)46-44-42-40-38-36-34-32-29-25-23-21-19-17-15-13-11-9-7-2/h17,19,23,25,51H,6-16,18,20-22,24,26-50H2,1-5H3/p+1/b19-17-,25-23-. The van der Waals surface area contributed by atoms with Crippen molar-refractivity contribution >= 4 is 19.8 Å². The second-order valence-electron chi connectivity index (χ2n) is 19.3. The average Bonchev–Trinajstić information content (AvgIpc) is 3.24. The Kier molecular flexibility index (Phi) is 44.5. The number of hydrogen-bond acceptors (Lipinski definition) is 7. The number of unbranched alkanes of at least 4 members (excludes halogenated alkanes) is 31. The highest BCUT2D eigenvalue weighted by Gasteiger charge is 2.27. The van der Waals surface area contributed by atoms with E-state index in [0.717, 1.165) is 51.4 Å². The fourth-order valence-electron chi connectivity index (χ4n) is 7.58. The molecular weight excluding hydrogens is 810 g/mol. The maximum atomic E-state index is 12.8. The van der Waals surface area contributed by atoms with Crippen LogP contribution in [-0.2, 0) is 32.7 Å². The SMILES string of the molecule is CCCCCC/C=C\C/C=C\CCCCCCCCCC(=O)OC(COC(=O)CCCCCCCCCCCCCCCCCCCCCCC)COP(=O)(O)OCC[N+](C)(C)C. The van der Waals surface area contributed by atoms with Gasteiger partial charge >= 0.3 is 19.8 Å². The fraction of sp³-hybridized carbons (Fsp3) is 0.887. The van der Waals surface area contributed by atoms with Crippen LogP contribution < -0.4 is 0 Å². The Balaban J connectivity index is 4.20. The van der Waals surface area contributed by atoms with Crippen molar-refractivity contribution in [2.75, 3.05) is 47.5 Å². The zero-order chi connectivity index (χ0) is 46.4. The molecule has 0 aromatic heterocycles. The molecule has 0 heterocycles. The van der Waals surface area contributed by atoms with Crippen LogP contribution in [-0.4, -0.2) is 74.9 Å². The first-order valence-electron chi connectivity index (χ1n) is 26.6. The van der Waals surface area contributed by atoms with E-state index in [0.29, 0.717) is 23.9 Å². The number of quaternary nitrogens is 1. The molecule has 0 aliphatic rings. The molecule has 0 aliphatic heterocycles. The van der Waals surface area contributed by atoms with Crippen LogP contribution in [0.4, 0.5) is 0 Å². The number of likely N-dealkylation sites (N-methyl/N-ethyl adjacent to an activating group) is 1. The van der Waals surface area contributed by atoms with E-state index in [2.05, 4.69) is 38.2 Å². The Hall–Kier alpha value is -1.51. The minimum Gasteiger partial charge on any atom is -0.462 e. The summed E-state index contributed by atoms with van der Waals surface area (Å²) in [4.78, 5) is 35.6. The summed E-state index contributed by atoms with van der Waals surface area (Å²) in [5, 5.41) is 0. The Labute approximate surface area is 389 Å². The number of esters is 2. The van der Waals surface area contributed by atoms with Gasteiger partial charge < -0.3 is 18.9 Å². The van der Waals surface area contributed by atoms with E-state index < -0.39 is 26.5 Å². The number of carbonyl (C=O) groups excluding carboxylic acids is 2. The van der Waals surface area contributed by atoms with Gasteiger partial charge in [0.2, 0.25) is 0 Å². The highest BCUT2D eigenvalue weighted by Crippen LogP contribution is 2.43. The van der Waals surface area contributed by atoms with Crippen molar-refractivity contribution in [1.82, 2.24) is 0 Å². The second-order valence-corrected chi connectivity index (χ2v) is 20.7. The largest absolute Gasteiger partial charge is 0.472 e. The monoisotopic (exact) mass is 913 g/mol. The van der Waals surface area contributed by atoms with Crippen LogP contribution in [0.3, 0.4) is 0 Å². The van der Waals surface area contributed by atoms with Gasteiger partial charge in [-0.05, 0) is 44.9 Å². The maximum absolute atomic E-state index is 12.8. The second kappa shape index (κ2) is 45.6. The zero-order valence-corrected chi connectivity index (χ0v) is 43.0. The van der Waals surface area contributed by atoms with Gasteiger partial charge in [-0.15, -0.1) is 0 Å². The molecule has 2 atom stereocenters. The first kappa shape index (κ1) is 61.5. The number of phosphoric acid groups is 1. The predicted octanol–water partition coefficient (Wildman–Crippen LogP) is 15.9. The molecule has 10 heteroatoms. The highest BCUT2D eigenvalue weighted by molar-refractivity contribution is 7.47. The third kappa shape index (κ3) is 49.8. The maximum Gasteiger partial charge on any atom is 0.472 e. The van der Waals surface area contributed by atoms with Gasteiger partial charge in [0.25, 0.3) is 0 Å². The summed E-state index contributed by atoms with van der Waals surface area (Å²) >= 11 is 0. The number of ether oxygens (including phenoxy) is 2. The van der Waals surface area contributed by atoms with Crippen LogP contribution >= 0.6 is 7.82 Å². The lowest BCUT2D eigenvalue weighted by atomic mass is 10.0. The highest BCUT2D eigenvalue weighted by atomic mass is 31.2. The molecule has 1 N–H and O–H groups in total. The van der Waals surface area contributed by atoms with E-state index in [4.69, 9.17) is 18.5 Å². The molecule has 0 saturated heterocycles. The summed E-state index contributed by atoms with van der Waals surface area (Å²) in [5.74, 6) is -0.794. The van der Waals surface area contributed by atoms with E-state index in [1.54, 1.807) is 0 Å². The molecule has 0 amide bonds. The molecule has 0 rings (SSSR count). The van der Waals surface area contributed by atoms with Crippen LogP contribution in [0.2, 0.25) is 0 Å². The summed E-state index contributed by atoms with van der Waals surface area (Å²) in [6.45, 7) is 4.44. The topological polar surface area (TPSA) is 108 Å². The van der Waals surface area contributed by atoms with Crippen molar-refractivity contribution < 1.29 is 42.1 Å². The molecule has 2 unspecified atom stereocenters. The molecule has 0 spiro atoms. The lowest BCUT2D eigenvalue weighted by Crippen LogP contribution is -2.37. The summed E-state index contributed by atoms with van der Waals surface area (Å²) < 4.78 is 34.5. The number of rotatable bonds is 49. The molecule has 0 aromatic rings. The molecule has 0 radical (unpaired) electrons. The van der Waals surface area contributed by atoms with E-state index in [9.17, 15) is 19.0 Å². The quantitative estimate of drug-likeness (QED) is 0.0211. The van der Waals surface area contributed by atoms with Crippen molar-refractivity contribution in [2.24, 2.45) is 0 Å². The number of phosphoric ester groups is 1. The van der Waals surface area contributed by atoms with E-state index in [-0.39, 0.29) is 25.6 Å². The van der Waals surface area contributed by atoms with Crippen molar-refractivity contribution in [3.8, 4) is 0 Å². The van der Waals surface area contributed by atoms with E-state index in [1.165, 1.54) is 167 Å². The van der Waals surface area contributed by atoms with Crippen molar-refractivity contribution in [2.45, 2.75) is 258 Å². The van der Waals surface area contributed by atoms with Gasteiger partial charge in [0.15, 0.2) is 6.10 Å². The first-order valence-corrected chi connectivity index (χ1v) is 28.1. The number of nitrogens with zero attached hydrogens (tertiary/aromatic N) is 1. The minimum atomic E-state index is -4.38. The molecule has 63 heavy (non-hydrogen) atoms. The van der Waals surface area contributed by atoms with Gasteiger partial charge in [-0.25, -0.2) is 4.57 Å². The van der Waals surface area contributed by atoms with Crippen molar-refractivity contribution in [3.63, 3.8) is 0 Å². The normalized spacial score (nSPS) is 13.6. The molecule has 0 bridgehead atoms. The summed E-state index contributed by atoms with van der Waals surface area (Å²) in [6, 6.07) is 0. The predicted molar refractivity (Wildman–Crippen MR) is 266 cm³/mol. The van der Waals surface area contributed by atoms with E-state index >= 15 is 0 Å². The van der Waals surface area contributed by atoms with Gasteiger partial charge in [-0.3, -0.25) is 18.6 Å². The Morgan fingerprint density at radius 2 is 0.857 bits per heavy atom. The Bertz CT molecular complexity index is 1120. The van der Waals surface area contributed by atoms with Crippen molar-refractivity contribution in [1.29, 1.82) is 0 Å².